The van der Waals surface area contributed by atoms with Crippen LogP contribution in [0.1, 0.15) is 22.0 Å². The topological polar surface area (TPSA) is 82.2 Å². The molecule has 1 aromatic carbocycles. The third kappa shape index (κ3) is 3.85. The van der Waals surface area contributed by atoms with Crippen LogP contribution in [0.5, 0.6) is 0 Å². The largest absolute Gasteiger partial charge is 0.386 e. The van der Waals surface area contributed by atoms with Crippen molar-refractivity contribution in [3.8, 4) is 0 Å². The van der Waals surface area contributed by atoms with Gasteiger partial charge in [0, 0.05) is 34.4 Å². The standard InChI is InChI=1S/C14H12Cl2N2O3/c15-9-2-1-3-10(16)13(9)11(19)7-18-14(21)8-4-5-12(20)17-6-8/h1-6,11,19H,7H2,(H,17,20)(H,18,21)/t11-/m1/s1. The van der Waals surface area contributed by atoms with Crippen LogP contribution >= 0.6 is 23.2 Å². The molecule has 0 saturated heterocycles. The number of halogens is 2. The number of amides is 1. The van der Waals surface area contributed by atoms with Crippen molar-refractivity contribution in [1.82, 2.24) is 10.3 Å². The van der Waals surface area contributed by atoms with Gasteiger partial charge in [0.2, 0.25) is 5.56 Å². The summed E-state index contributed by atoms with van der Waals surface area (Å²) >= 11 is 12.0. The van der Waals surface area contributed by atoms with E-state index in [1.165, 1.54) is 18.3 Å². The van der Waals surface area contributed by atoms with E-state index < -0.39 is 12.0 Å². The highest BCUT2D eigenvalue weighted by Gasteiger charge is 2.16. The SMILES string of the molecule is O=C(NC[C@@H](O)c1c(Cl)cccc1Cl)c1ccc(=O)[nH]c1. The van der Waals surface area contributed by atoms with Crippen molar-refractivity contribution >= 4 is 29.1 Å². The molecule has 0 aliphatic rings. The minimum atomic E-state index is -1.03. The quantitative estimate of drug-likeness (QED) is 0.805. The summed E-state index contributed by atoms with van der Waals surface area (Å²) < 4.78 is 0. The fourth-order valence-corrected chi connectivity index (χ4v) is 2.42. The zero-order valence-corrected chi connectivity index (χ0v) is 12.3. The Balaban J connectivity index is 2.04. The number of aliphatic hydroxyl groups excluding tert-OH is 1. The summed E-state index contributed by atoms with van der Waals surface area (Å²) in [7, 11) is 0. The van der Waals surface area contributed by atoms with Gasteiger partial charge in [-0.15, -0.1) is 0 Å². The van der Waals surface area contributed by atoms with Gasteiger partial charge in [0.25, 0.3) is 5.91 Å². The van der Waals surface area contributed by atoms with Crippen LogP contribution in [-0.4, -0.2) is 22.5 Å². The lowest BCUT2D eigenvalue weighted by Gasteiger charge is -2.15. The van der Waals surface area contributed by atoms with Crippen LogP contribution in [0.3, 0.4) is 0 Å². The lowest BCUT2D eigenvalue weighted by molar-refractivity contribution is 0.0916. The third-order valence-corrected chi connectivity index (χ3v) is 3.49. The Morgan fingerprint density at radius 2 is 1.90 bits per heavy atom. The molecule has 0 saturated carbocycles. The molecule has 0 radical (unpaired) electrons. The molecule has 7 heteroatoms. The first kappa shape index (κ1) is 15.6. The molecule has 1 atom stereocenters. The molecule has 3 N–H and O–H groups in total. The van der Waals surface area contributed by atoms with Crippen molar-refractivity contribution in [2.24, 2.45) is 0 Å². The third-order valence-electron chi connectivity index (χ3n) is 2.84. The van der Waals surface area contributed by atoms with Crippen LogP contribution in [0.25, 0.3) is 0 Å². The number of carbonyl (C=O) groups excluding carboxylic acids is 1. The van der Waals surface area contributed by atoms with Gasteiger partial charge in [-0.2, -0.15) is 0 Å². The number of hydrogen-bond donors (Lipinski definition) is 3. The smallest absolute Gasteiger partial charge is 0.252 e. The molecule has 110 valence electrons. The molecular weight excluding hydrogens is 315 g/mol. The van der Waals surface area contributed by atoms with Crippen LogP contribution in [0.15, 0.2) is 41.3 Å². The maximum Gasteiger partial charge on any atom is 0.252 e. The predicted molar refractivity (Wildman–Crippen MR) is 80.8 cm³/mol. The minimum Gasteiger partial charge on any atom is -0.386 e. The number of benzene rings is 1. The van der Waals surface area contributed by atoms with Crippen molar-refractivity contribution in [2.45, 2.75) is 6.10 Å². The first-order chi connectivity index (χ1) is 9.99. The minimum absolute atomic E-state index is 0.0542. The van der Waals surface area contributed by atoms with E-state index in [4.69, 9.17) is 23.2 Å². The van der Waals surface area contributed by atoms with Gasteiger partial charge < -0.3 is 15.4 Å². The number of aromatic nitrogens is 1. The first-order valence-corrected chi connectivity index (χ1v) is 6.83. The first-order valence-electron chi connectivity index (χ1n) is 6.08. The highest BCUT2D eigenvalue weighted by molar-refractivity contribution is 6.36. The zero-order valence-electron chi connectivity index (χ0n) is 10.8. The summed E-state index contributed by atoms with van der Waals surface area (Å²) in [6, 6.07) is 7.52. The Bertz CT molecular complexity index is 675. The van der Waals surface area contributed by atoms with E-state index in [2.05, 4.69) is 10.3 Å². The van der Waals surface area contributed by atoms with Gasteiger partial charge in [-0.05, 0) is 18.2 Å². The van der Waals surface area contributed by atoms with E-state index >= 15 is 0 Å². The monoisotopic (exact) mass is 326 g/mol. The van der Waals surface area contributed by atoms with Crippen molar-refractivity contribution in [3.05, 3.63) is 68.1 Å². The van der Waals surface area contributed by atoms with E-state index in [9.17, 15) is 14.7 Å². The lowest BCUT2D eigenvalue weighted by atomic mass is 10.1. The number of carbonyl (C=O) groups is 1. The normalized spacial score (nSPS) is 12.0. The second-order valence-electron chi connectivity index (χ2n) is 4.30. The second kappa shape index (κ2) is 6.76. The zero-order chi connectivity index (χ0) is 15.4. The summed E-state index contributed by atoms with van der Waals surface area (Å²) in [5, 5.41) is 13.3. The molecule has 0 fully saturated rings. The summed E-state index contributed by atoms with van der Waals surface area (Å²) in [4.78, 5) is 25.2. The van der Waals surface area contributed by atoms with Gasteiger partial charge in [0.1, 0.15) is 0 Å². The molecule has 1 heterocycles. The molecule has 1 aromatic heterocycles. The molecular formula is C14H12Cl2N2O3. The molecule has 5 nitrogen and oxygen atoms in total. The van der Waals surface area contributed by atoms with Crippen molar-refractivity contribution in [1.29, 1.82) is 0 Å². The highest BCUT2D eigenvalue weighted by atomic mass is 35.5. The number of aliphatic hydroxyl groups is 1. The van der Waals surface area contributed by atoms with Crippen LogP contribution < -0.4 is 10.9 Å². The molecule has 0 aliphatic carbocycles. The summed E-state index contributed by atoms with van der Waals surface area (Å²) in [6.45, 7) is -0.0542. The van der Waals surface area contributed by atoms with E-state index in [1.807, 2.05) is 0 Å². The Labute approximate surface area is 130 Å². The van der Waals surface area contributed by atoms with E-state index in [-0.39, 0.29) is 17.7 Å². The van der Waals surface area contributed by atoms with Gasteiger partial charge in [0.15, 0.2) is 0 Å². The Morgan fingerprint density at radius 1 is 1.24 bits per heavy atom. The Morgan fingerprint density at radius 3 is 2.48 bits per heavy atom. The molecule has 1 amide bonds. The number of rotatable bonds is 4. The van der Waals surface area contributed by atoms with Crippen LogP contribution in [0.2, 0.25) is 10.0 Å². The van der Waals surface area contributed by atoms with Crippen molar-refractivity contribution in [3.63, 3.8) is 0 Å². The maximum atomic E-state index is 11.9. The van der Waals surface area contributed by atoms with E-state index in [0.717, 1.165) is 0 Å². The summed E-state index contributed by atoms with van der Waals surface area (Å²) in [5.74, 6) is -0.423. The number of pyridine rings is 1. The van der Waals surface area contributed by atoms with Crippen LogP contribution in [-0.2, 0) is 0 Å². The Hall–Kier alpha value is -1.82. The summed E-state index contributed by atoms with van der Waals surface area (Å²) in [5.41, 5.74) is 0.351. The van der Waals surface area contributed by atoms with Gasteiger partial charge in [0.05, 0.1) is 11.7 Å². The van der Waals surface area contributed by atoms with E-state index in [0.29, 0.717) is 15.6 Å². The maximum absolute atomic E-state index is 11.9. The molecule has 2 rings (SSSR count). The molecule has 0 aliphatic heterocycles. The van der Waals surface area contributed by atoms with Gasteiger partial charge in [-0.3, -0.25) is 9.59 Å². The second-order valence-corrected chi connectivity index (χ2v) is 5.12. The number of aromatic amines is 1. The fraction of sp³-hybridized carbons (Fsp3) is 0.143. The molecule has 0 spiro atoms. The number of hydrogen-bond acceptors (Lipinski definition) is 3. The molecule has 21 heavy (non-hydrogen) atoms. The van der Waals surface area contributed by atoms with E-state index in [1.54, 1.807) is 18.2 Å². The van der Waals surface area contributed by atoms with Crippen LogP contribution in [0, 0.1) is 0 Å². The van der Waals surface area contributed by atoms with Gasteiger partial charge in [-0.25, -0.2) is 0 Å². The number of H-pyrrole nitrogens is 1. The number of nitrogens with one attached hydrogen (secondary N) is 2. The Kier molecular flexibility index (Phi) is 5.01. The van der Waals surface area contributed by atoms with Crippen molar-refractivity contribution < 1.29 is 9.90 Å². The molecule has 0 unspecified atom stereocenters. The van der Waals surface area contributed by atoms with Crippen LogP contribution in [0.4, 0.5) is 0 Å². The lowest BCUT2D eigenvalue weighted by Crippen LogP contribution is -2.29. The average Bonchev–Trinajstić information content (AvgIpc) is 2.45. The van der Waals surface area contributed by atoms with Gasteiger partial charge >= 0.3 is 0 Å². The molecule has 0 bridgehead atoms. The summed E-state index contributed by atoms with van der Waals surface area (Å²) in [6.07, 6.45) is 0.268. The fourth-order valence-electron chi connectivity index (χ4n) is 1.77. The van der Waals surface area contributed by atoms with Crippen molar-refractivity contribution in [2.75, 3.05) is 6.54 Å². The highest BCUT2D eigenvalue weighted by Crippen LogP contribution is 2.29. The predicted octanol–water partition coefficient (Wildman–Crippen LogP) is 2.15. The van der Waals surface area contributed by atoms with Gasteiger partial charge in [-0.1, -0.05) is 29.3 Å². The average molecular weight is 327 g/mol. The molecule has 2 aromatic rings.